The van der Waals surface area contributed by atoms with E-state index in [4.69, 9.17) is 21.1 Å². The van der Waals surface area contributed by atoms with Crippen molar-refractivity contribution >= 4 is 40.9 Å². The smallest absolute Gasteiger partial charge is 0.251 e. The van der Waals surface area contributed by atoms with Gasteiger partial charge < -0.3 is 24.7 Å². The summed E-state index contributed by atoms with van der Waals surface area (Å²) in [7, 11) is 4.82. The van der Waals surface area contributed by atoms with Gasteiger partial charge >= 0.3 is 0 Å². The van der Waals surface area contributed by atoms with Gasteiger partial charge in [-0.2, -0.15) is 0 Å². The molecule has 1 aromatic heterocycles. The van der Waals surface area contributed by atoms with Crippen LogP contribution in [0.3, 0.4) is 0 Å². The van der Waals surface area contributed by atoms with Crippen LogP contribution in [0.5, 0.6) is 11.5 Å². The summed E-state index contributed by atoms with van der Waals surface area (Å²) < 4.78 is 12.2. The normalized spacial score (nSPS) is 10.6. The number of benzene rings is 2. The van der Waals surface area contributed by atoms with Gasteiger partial charge in [-0.3, -0.25) is 9.59 Å². The first-order chi connectivity index (χ1) is 15.8. The van der Waals surface area contributed by atoms with Crippen LogP contribution in [0, 0.1) is 6.92 Å². The van der Waals surface area contributed by atoms with Crippen LogP contribution in [0.1, 0.15) is 21.7 Å². The first-order valence-electron chi connectivity index (χ1n) is 9.90. The van der Waals surface area contributed by atoms with Gasteiger partial charge in [0, 0.05) is 23.3 Å². The molecule has 9 nitrogen and oxygen atoms in total. The second-order valence-electron chi connectivity index (χ2n) is 6.96. The van der Waals surface area contributed by atoms with E-state index in [1.54, 1.807) is 48.0 Å². The Balaban J connectivity index is 1.55. The molecular formula is C22H24ClN5O4S. The third-order valence-corrected chi connectivity index (χ3v) is 6.28. The van der Waals surface area contributed by atoms with Crippen LogP contribution in [0.15, 0.2) is 41.6 Å². The van der Waals surface area contributed by atoms with Gasteiger partial charge in [-0.25, -0.2) is 0 Å². The molecule has 3 rings (SSSR count). The Morgan fingerprint density at radius 1 is 1.12 bits per heavy atom. The number of ether oxygens (including phenoxy) is 2. The number of thioether (sulfide) groups is 1. The fraction of sp³-hybridized carbons (Fsp3) is 0.273. The lowest BCUT2D eigenvalue weighted by molar-refractivity contribution is -0.113. The first kappa shape index (κ1) is 24.4. The maximum Gasteiger partial charge on any atom is 0.251 e. The summed E-state index contributed by atoms with van der Waals surface area (Å²) >= 11 is 7.34. The van der Waals surface area contributed by atoms with Crippen LogP contribution >= 0.6 is 23.4 Å². The number of nitrogens with one attached hydrogen (secondary N) is 2. The Hall–Kier alpha value is -3.24. The zero-order valence-corrected chi connectivity index (χ0v) is 20.2. The number of methoxy groups -OCH3 is 2. The van der Waals surface area contributed by atoms with Crippen LogP contribution < -0.4 is 20.1 Å². The molecule has 2 aromatic carbocycles. The third-order valence-electron chi connectivity index (χ3n) is 4.85. The van der Waals surface area contributed by atoms with Gasteiger partial charge in [-0.05, 0) is 42.8 Å². The van der Waals surface area contributed by atoms with Crippen LogP contribution in [0.4, 0.5) is 5.69 Å². The van der Waals surface area contributed by atoms with E-state index in [0.29, 0.717) is 38.8 Å². The summed E-state index contributed by atoms with van der Waals surface area (Å²) in [6.07, 6.45) is 0. The van der Waals surface area contributed by atoms with Crippen molar-refractivity contribution in [2.24, 2.45) is 7.05 Å². The molecule has 0 saturated heterocycles. The summed E-state index contributed by atoms with van der Waals surface area (Å²) in [4.78, 5) is 24.8. The highest BCUT2D eigenvalue weighted by Gasteiger charge is 2.15. The fourth-order valence-electron chi connectivity index (χ4n) is 2.92. The largest absolute Gasteiger partial charge is 0.493 e. The van der Waals surface area contributed by atoms with Gasteiger partial charge in [-0.1, -0.05) is 29.4 Å². The van der Waals surface area contributed by atoms with Gasteiger partial charge in [-0.15, -0.1) is 10.2 Å². The van der Waals surface area contributed by atoms with Crippen LogP contribution in [0.2, 0.25) is 5.02 Å². The molecule has 0 aliphatic rings. The van der Waals surface area contributed by atoms with Crippen LogP contribution in [-0.4, -0.2) is 46.6 Å². The molecule has 0 aliphatic heterocycles. The van der Waals surface area contributed by atoms with Crippen molar-refractivity contribution in [2.45, 2.75) is 18.6 Å². The second-order valence-corrected chi connectivity index (χ2v) is 8.31. The minimum absolute atomic E-state index is 0.149. The Morgan fingerprint density at radius 3 is 2.61 bits per heavy atom. The molecule has 2 N–H and O–H groups in total. The average molecular weight is 490 g/mol. The van der Waals surface area contributed by atoms with Gasteiger partial charge in [0.25, 0.3) is 5.91 Å². The maximum absolute atomic E-state index is 12.5. The molecule has 0 atom stereocenters. The predicted molar refractivity (Wildman–Crippen MR) is 127 cm³/mol. The minimum atomic E-state index is -0.288. The summed E-state index contributed by atoms with van der Waals surface area (Å²) in [6, 6.07) is 10.3. The van der Waals surface area contributed by atoms with Crippen molar-refractivity contribution in [3.05, 3.63) is 58.4 Å². The SMILES string of the molecule is COc1ccc(C(=O)NCc2nnc(SCC(=O)Nc3cccc(Cl)c3C)n2C)cc1OC. The van der Waals surface area contributed by atoms with Gasteiger partial charge in [0.1, 0.15) is 0 Å². The van der Waals surface area contributed by atoms with Crippen LogP contribution in [0.25, 0.3) is 0 Å². The zero-order valence-electron chi connectivity index (χ0n) is 18.6. The number of amides is 2. The molecule has 0 saturated carbocycles. The molecular weight excluding hydrogens is 466 g/mol. The highest BCUT2D eigenvalue weighted by Crippen LogP contribution is 2.27. The number of rotatable bonds is 9. The van der Waals surface area contributed by atoms with Crippen molar-refractivity contribution in [1.82, 2.24) is 20.1 Å². The zero-order chi connectivity index (χ0) is 24.0. The van der Waals surface area contributed by atoms with Gasteiger partial charge in [0.15, 0.2) is 22.5 Å². The molecule has 0 aliphatic carbocycles. The van der Waals surface area contributed by atoms with Gasteiger partial charge in [0.2, 0.25) is 5.91 Å². The number of hydrogen-bond acceptors (Lipinski definition) is 7. The Kier molecular flexibility index (Phi) is 8.18. The molecule has 2 amide bonds. The highest BCUT2D eigenvalue weighted by atomic mass is 35.5. The van der Waals surface area contributed by atoms with Crippen LogP contribution in [-0.2, 0) is 18.4 Å². The molecule has 0 unspecified atom stereocenters. The molecule has 0 spiro atoms. The minimum Gasteiger partial charge on any atom is -0.493 e. The van der Waals surface area contributed by atoms with Gasteiger partial charge in [0.05, 0.1) is 26.5 Å². The summed E-state index contributed by atoms with van der Waals surface area (Å²) in [6.45, 7) is 2.02. The maximum atomic E-state index is 12.5. The summed E-state index contributed by atoms with van der Waals surface area (Å²) in [5, 5.41) is 15.0. The van der Waals surface area contributed by atoms with E-state index in [0.717, 1.165) is 5.56 Å². The second kappa shape index (κ2) is 11.1. The van der Waals surface area contributed by atoms with E-state index in [9.17, 15) is 9.59 Å². The molecule has 0 radical (unpaired) electrons. The number of anilines is 1. The predicted octanol–water partition coefficient (Wildman–Crippen LogP) is 3.45. The van der Waals surface area contributed by atoms with E-state index in [-0.39, 0.29) is 24.1 Å². The van der Waals surface area contributed by atoms with Crippen molar-refractivity contribution in [3.63, 3.8) is 0 Å². The summed E-state index contributed by atoms with van der Waals surface area (Å²) in [5.74, 6) is 1.24. The average Bonchev–Trinajstić information content (AvgIpc) is 3.17. The first-order valence-corrected chi connectivity index (χ1v) is 11.3. The standard InChI is InChI=1S/C22H24ClN5O4S/c1-13-15(23)6-5-7-16(13)25-20(29)12-33-22-27-26-19(28(22)2)11-24-21(30)14-8-9-17(31-3)18(10-14)32-4/h5-10H,11-12H2,1-4H3,(H,24,30)(H,25,29). The monoisotopic (exact) mass is 489 g/mol. The Bertz CT molecular complexity index is 1170. The lowest BCUT2D eigenvalue weighted by atomic mass is 10.2. The number of hydrogen-bond donors (Lipinski definition) is 2. The molecule has 1 heterocycles. The van der Waals surface area contributed by atoms with E-state index >= 15 is 0 Å². The number of halogens is 1. The number of nitrogens with zero attached hydrogens (tertiary/aromatic N) is 3. The molecule has 3 aromatic rings. The number of carbonyl (C=O) groups excluding carboxylic acids is 2. The van der Waals surface area contributed by atoms with Crippen molar-refractivity contribution in [3.8, 4) is 11.5 Å². The van der Waals surface area contributed by atoms with Crippen molar-refractivity contribution in [2.75, 3.05) is 25.3 Å². The van der Waals surface area contributed by atoms with Crippen molar-refractivity contribution < 1.29 is 19.1 Å². The lowest BCUT2D eigenvalue weighted by Gasteiger charge is -2.10. The third kappa shape index (κ3) is 5.96. The molecule has 11 heteroatoms. The summed E-state index contributed by atoms with van der Waals surface area (Å²) in [5.41, 5.74) is 1.91. The highest BCUT2D eigenvalue weighted by molar-refractivity contribution is 7.99. The van der Waals surface area contributed by atoms with Crippen molar-refractivity contribution in [1.29, 1.82) is 0 Å². The molecule has 33 heavy (non-hydrogen) atoms. The Labute approximate surface area is 200 Å². The fourth-order valence-corrected chi connectivity index (χ4v) is 3.83. The molecule has 0 fully saturated rings. The van der Waals surface area contributed by atoms with E-state index < -0.39 is 0 Å². The number of carbonyl (C=O) groups is 2. The Morgan fingerprint density at radius 2 is 1.88 bits per heavy atom. The quantitative estimate of drug-likeness (QED) is 0.443. The molecule has 174 valence electrons. The van der Waals surface area contributed by atoms with E-state index in [2.05, 4.69) is 20.8 Å². The van der Waals surface area contributed by atoms with E-state index in [1.165, 1.54) is 26.0 Å². The topological polar surface area (TPSA) is 107 Å². The van der Waals surface area contributed by atoms with E-state index in [1.807, 2.05) is 6.92 Å². The lowest BCUT2D eigenvalue weighted by Crippen LogP contribution is -2.24. The number of aromatic nitrogens is 3. The molecule has 0 bridgehead atoms.